The lowest BCUT2D eigenvalue weighted by molar-refractivity contribution is 0.0928. The van der Waals surface area contributed by atoms with Crippen molar-refractivity contribution in [3.63, 3.8) is 0 Å². The molecule has 134 valence electrons. The number of hydrogen-bond acceptors (Lipinski definition) is 2. The molecule has 0 atom stereocenters. The van der Waals surface area contributed by atoms with Crippen LogP contribution < -0.4 is 0 Å². The first-order chi connectivity index (χ1) is 13.2. The molecule has 4 heteroatoms. The Morgan fingerprint density at radius 3 is 2.56 bits per heavy atom. The maximum Gasteiger partial charge on any atom is 0.274 e. The molecular weight excluding hydrogens is 356 g/mol. The van der Waals surface area contributed by atoms with Crippen molar-refractivity contribution in [1.82, 2.24) is 9.78 Å². The largest absolute Gasteiger partial charge is 0.274 e. The number of allylic oxidation sites excluding steroid dienone is 2. The SMILES string of the molecule is O=C1C2=C(CCC2)Cc2c(-c3ccc(Cl)cc3)c(Cc3ccccc3)nn21. The van der Waals surface area contributed by atoms with Crippen molar-refractivity contribution < 1.29 is 4.79 Å². The van der Waals surface area contributed by atoms with E-state index in [1.165, 1.54) is 11.1 Å². The van der Waals surface area contributed by atoms with Crippen molar-refractivity contribution in [3.8, 4) is 11.1 Å². The van der Waals surface area contributed by atoms with Crippen LogP contribution in [0.1, 0.15) is 41.0 Å². The number of fused-ring (bicyclic) bond motifs is 1. The van der Waals surface area contributed by atoms with Crippen LogP contribution in [0.3, 0.4) is 0 Å². The van der Waals surface area contributed by atoms with Crippen LogP contribution in [0.2, 0.25) is 5.02 Å². The molecule has 0 fully saturated rings. The summed E-state index contributed by atoms with van der Waals surface area (Å²) in [5, 5.41) is 5.50. The fourth-order valence-electron chi connectivity index (χ4n) is 4.29. The maximum absolute atomic E-state index is 13.0. The predicted molar refractivity (Wildman–Crippen MR) is 107 cm³/mol. The van der Waals surface area contributed by atoms with Crippen LogP contribution in [0.15, 0.2) is 65.7 Å². The first-order valence-corrected chi connectivity index (χ1v) is 9.75. The summed E-state index contributed by atoms with van der Waals surface area (Å²) in [6.07, 6.45) is 4.52. The molecule has 0 bridgehead atoms. The van der Waals surface area contributed by atoms with Gasteiger partial charge in [0.15, 0.2) is 0 Å². The standard InChI is InChI=1S/C23H19ClN2O/c24-18-11-9-16(10-12-18)22-20(13-15-5-2-1-3-6-15)25-26-21(22)14-17-7-4-8-19(17)23(26)27/h1-3,5-6,9-12H,4,7-8,13-14H2. The molecule has 1 aromatic heterocycles. The van der Waals surface area contributed by atoms with Crippen LogP contribution in [0.25, 0.3) is 11.1 Å². The fraction of sp³-hybridized carbons (Fsp3) is 0.217. The van der Waals surface area contributed by atoms with Gasteiger partial charge in [0.25, 0.3) is 5.91 Å². The molecule has 0 saturated carbocycles. The van der Waals surface area contributed by atoms with E-state index in [1.54, 1.807) is 4.68 Å². The lowest BCUT2D eigenvalue weighted by atomic mass is 9.93. The van der Waals surface area contributed by atoms with E-state index in [4.69, 9.17) is 16.7 Å². The second-order valence-corrected chi connectivity index (χ2v) is 7.70. The first-order valence-electron chi connectivity index (χ1n) is 9.37. The normalized spacial score (nSPS) is 15.8. The topological polar surface area (TPSA) is 34.9 Å². The third-order valence-electron chi connectivity index (χ3n) is 5.56. The van der Waals surface area contributed by atoms with Gasteiger partial charge in [-0.15, -0.1) is 0 Å². The molecule has 27 heavy (non-hydrogen) atoms. The number of rotatable bonds is 3. The highest BCUT2D eigenvalue weighted by Gasteiger charge is 2.33. The van der Waals surface area contributed by atoms with E-state index in [2.05, 4.69) is 12.1 Å². The highest BCUT2D eigenvalue weighted by molar-refractivity contribution is 6.30. The molecular formula is C23H19ClN2O. The Hall–Kier alpha value is -2.65. The molecule has 2 aromatic carbocycles. The number of aromatic nitrogens is 2. The predicted octanol–water partition coefficient (Wildman–Crippen LogP) is 5.47. The van der Waals surface area contributed by atoms with Gasteiger partial charge in [-0.25, -0.2) is 0 Å². The average Bonchev–Trinajstić information content (AvgIpc) is 3.29. The van der Waals surface area contributed by atoms with E-state index in [1.807, 2.05) is 42.5 Å². The Bertz CT molecular complexity index is 1060. The van der Waals surface area contributed by atoms with Crippen molar-refractivity contribution in [2.45, 2.75) is 32.1 Å². The molecule has 0 amide bonds. The molecule has 3 nitrogen and oxygen atoms in total. The Morgan fingerprint density at radius 1 is 1.00 bits per heavy atom. The first kappa shape index (κ1) is 16.5. The third-order valence-corrected chi connectivity index (χ3v) is 5.82. The van der Waals surface area contributed by atoms with Crippen molar-refractivity contribution in [3.05, 3.63) is 87.7 Å². The minimum absolute atomic E-state index is 0.0678. The van der Waals surface area contributed by atoms with E-state index in [0.717, 1.165) is 53.8 Å². The molecule has 1 aliphatic heterocycles. The van der Waals surface area contributed by atoms with Gasteiger partial charge in [0.2, 0.25) is 0 Å². The lowest BCUT2D eigenvalue weighted by Gasteiger charge is -2.16. The van der Waals surface area contributed by atoms with Crippen molar-refractivity contribution in [2.24, 2.45) is 0 Å². The molecule has 0 unspecified atom stereocenters. The van der Waals surface area contributed by atoms with Crippen LogP contribution >= 0.6 is 11.6 Å². The molecule has 0 radical (unpaired) electrons. The molecule has 5 rings (SSSR count). The molecule has 3 aromatic rings. The number of benzene rings is 2. The van der Waals surface area contributed by atoms with Crippen LogP contribution in [-0.2, 0) is 12.8 Å². The molecule has 0 N–H and O–H groups in total. The van der Waals surface area contributed by atoms with Crippen molar-refractivity contribution in [2.75, 3.05) is 0 Å². The second-order valence-electron chi connectivity index (χ2n) is 7.27. The zero-order valence-corrected chi connectivity index (χ0v) is 15.7. The van der Waals surface area contributed by atoms with Gasteiger partial charge in [0, 0.05) is 29.0 Å². The molecule has 2 heterocycles. The Kier molecular flexibility index (Phi) is 3.98. The summed E-state index contributed by atoms with van der Waals surface area (Å²) < 4.78 is 1.66. The maximum atomic E-state index is 13.0. The summed E-state index contributed by atoms with van der Waals surface area (Å²) in [6.45, 7) is 0. The summed E-state index contributed by atoms with van der Waals surface area (Å²) in [7, 11) is 0. The number of nitrogens with zero attached hydrogens (tertiary/aromatic N) is 2. The molecule has 0 saturated heterocycles. The van der Waals surface area contributed by atoms with E-state index in [9.17, 15) is 4.79 Å². The quantitative estimate of drug-likeness (QED) is 0.609. The van der Waals surface area contributed by atoms with Gasteiger partial charge < -0.3 is 0 Å². The third kappa shape index (κ3) is 2.83. The highest BCUT2D eigenvalue weighted by Crippen LogP contribution is 2.39. The van der Waals surface area contributed by atoms with Crippen LogP contribution in [-0.4, -0.2) is 15.7 Å². The molecule has 2 aliphatic rings. The molecule has 0 spiro atoms. The Morgan fingerprint density at radius 2 is 1.78 bits per heavy atom. The number of halogens is 1. The minimum Gasteiger partial charge on any atom is -0.267 e. The van der Waals surface area contributed by atoms with E-state index >= 15 is 0 Å². The van der Waals surface area contributed by atoms with Gasteiger partial charge in [-0.05, 0) is 42.5 Å². The number of carbonyl (C=O) groups is 1. The average molecular weight is 375 g/mol. The van der Waals surface area contributed by atoms with Crippen molar-refractivity contribution in [1.29, 1.82) is 0 Å². The Balaban J connectivity index is 1.66. The summed E-state index contributed by atoms with van der Waals surface area (Å²) in [6, 6.07) is 18.1. The number of carbonyl (C=O) groups excluding carboxylic acids is 1. The van der Waals surface area contributed by atoms with Crippen molar-refractivity contribution >= 4 is 17.5 Å². The monoisotopic (exact) mass is 374 g/mol. The number of hydrogen-bond donors (Lipinski definition) is 0. The van der Waals surface area contributed by atoms with Gasteiger partial charge in [-0.1, -0.05) is 59.6 Å². The zero-order valence-electron chi connectivity index (χ0n) is 14.9. The summed E-state index contributed by atoms with van der Waals surface area (Å²) in [5.74, 6) is 0.0678. The fourth-order valence-corrected chi connectivity index (χ4v) is 4.41. The zero-order chi connectivity index (χ0) is 18.4. The lowest BCUT2D eigenvalue weighted by Crippen LogP contribution is -2.22. The second kappa shape index (κ2) is 6.50. The van der Waals surface area contributed by atoms with Gasteiger partial charge in [0.1, 0.15) is 0 Å². The van der Waals surface area contributed by atoms with Crippen LogP contribution in [0.5, 0.6) is 0 Å². The summed E-state index contributed by atoms with van der Waals surface area (Å²) in [4.78, 5) is 13.0. The van der Waals surface area contributed by atoms with Gasteiger partial charge in [-0.3, -0.25) is 4.79 Å². The Labute approximate surface area is 163 Å². The molecule has 1 aliphatic carbocycles. The van der Waals surface area contributed by atoms with Gasteiger partial charge in [-0.2, -0.15) is 9.78 Å². The summed E-state index contributed by atoms with van der Waals surface area (Å²) >= 11 is 6.10. The highest BCUT2D eigenvalue weighted by atomic mass is 35.5. The van der Waals surface area contributed by atoms with Gasteiger partial charge >= 0.3 is 0 Å². The van der Waals surface area contributed by atoms with E-state index < -0.39 is 0 Å². The van der Waals surface area contributed by atoms with Crippen LogP contribution in [0, 0.1) is 0 Å². The van der Waals surface area contributed by atoms with Gasteiger partial charge in [0.05, 0.1) is 11.4 Å². The van der Waals surface area contributed by atoms with E-state index in [-0.39, 0.29) is 5.91 Å². The van der Waals surface area contributed by atoms with E-state index in [0.29, 0.717) is 11.4 Å². The summed E-state index contributed by atoms with van der Waals surface area (Å²) in [5.41, 5.74) is 7.61. The van der Waals surface area contributed by atoms with Crippen LogP contribution in [0.4, 0.5) is 0 Å². The smallest absolute Gasteiger partial charge is 0.267 e. The minimum atomic E-state index is 0.0678.